The lowest BCUT2D eigenvalue weighted by atomic mass is 9.85. The van der Waals surface area contributed by atoms with Crippen molar-refractivity contribution in [3.8, 4) is 11.4 Å². The van der Waals surface area contributed by atoms with Gasteiger partial charge in [0.25, 0.3) is 0 Å². The zero-order chi connectivity index (χ0) is 61.2. The predicted molar refractivity (Wildman–Crippen MR) is 387 cm³/mol. The van der Waals surface area contributed by atoms with Gasteiger partial charge in [0.2, 0.25) is 0 Å². The number of fused-ring (bicyclic) bond motifs is 8. The summed E-state index contributed by atoms with van der Waals surface area (Å²) in [5.41, 5.74) is 26.2. The summed E-state index contributed by atoms with van der Waals surface area (Å²) in [6, 6.07) is 80.6. The molecule has 0 unspecified atom stereocenters. The zero-order valence-corrected chi connectivity index (χ0v) is 53.9. The maximum atomic E-state index is 2.70. The van der Waals surface area contributed by atoms with Crippen LogP contribution in [0.4, 0.5) is 34.1 Å². The zero-order valence-electron chi connectivity index (χ0n) is 53.9. The van der Waals surface area contributed by atoms with Crippen molar-refractivity contribution in [3.05, 3.63) is 251 Å². The standard InChI is InChI=1S/C86H82N4/c1-9-25-57-51-80(87(73-41-23-29-55-27-11-13-31-61(55)73)59-44-50-77-70(53-59)66-34-16-20-38-76(66)89(77)78-39-21-17-35-71(78)85(3,4)5)68-48-46-64-58(26-10-2)52-81(69-49-47-63(57)83(68)84(64)69)88(74-42-24-30-56-28-12-14-32-62(56)74)60-43-45-67-65-33-15-19-37-75(65)90(82(67)54-60)79-40-22-18-36-72(79)86(6,7)8/h15-24,29-30,33-54H,9-14,25-28,31-32H2,1-8H3. The van der Waals surface area contributed by atoms with E-state index in [-0.39, 0.29) is 10.8 Å². The third kappa shape index (κ3) is 8.98. The van der Waals surface area contributed by atoms with Gasteiger partial charge in [0.05, 0.1) is 33.4 Å². The van der Waals surface area contributed by atoms with E-state index in [1.165, 1.54) is 192 Å². The first-order chi connectivity index (χ1) is 43.9. The molecule has 0 radical (unpaired) electrons. The Morgan fingerprint density at radius 3 is 1.27 bits per heavy atom. The Hall–Kier alpha value is -9.12. The lowest BCUT2D eigenvalue weighted by Crippen LogP contribution is -2.17. The van der Waals surface area contributed by atoms with Crippen molar-refractivity contribution in [1.82, 2.24) is 9.13 Å². The molecule has 16 rings (SSSR count). The van der Waals surface area contributed by atoms with Gasteiger partial charge in [0, 0.05) is 66.4 Å². The highest BCUT2D eigenvalue weighted by Gasteiger charge is 2.31. The lowest BCUT2D eigenvalue weighted by molar-refractivity contribution is 0.587. The molecule has 446 valence electrons. The van der Waals surface area contributed by atoms with Crippen LogP contribution in [-0.4, -0.2) is 9.13 Å². The molecule has 0 fully saturated rings. The molecule has 0 amide bonds. The number of benzene rings is 12. The molecule has 0 bridgehead atoms. The molecule has 0 atom stereocenters. The second-order valence-electron chi connectivity index (χ2n) is 28.2. The fraction of sp³-hybridized carbons (Fsp3) is 0.256. The number of para-hydroxylation sites is 4. The van der Waals surface area contributed by atoms with Gasteiger partial charge in [-0.3, -0.25) is 0 Å². The average molecular weight is 1170 g/mol. The van der Waals surface area contributed by atoms with E-state index in [1.54, 1.807) is 0 Å². The number of anilines is 6. The van der Waals surface area contributed by atoms with Crippen LogP contribution in [0.25, 0.3) is 87.3 Å². The van der Waals surface area contributed by atoms with Crippen LogP contribution in [0.3, 0.4) is 0 Å². The molecule has 12 aromatic carbocycles. The molecule has 2 aromatic heterocycles. The van der Waals surface area contributed by atoms with Gasteiger partial charge in [-0.25, -0.2) is 0 Å². The minimum absolute atomic E-state index is 0.0456. The largest absolute Gasteiger partial charge is 0.310 e. The molecule has 0 N–H and O–H groups in total. The maximum absolute atomic E-state index is 2.70. The first-order valence-corrected chi connectivity index (χ1v) is 33.7. The summed E-state index contributed by atoms with van der Waals surface area (Å²) in [6.07, 6.45) is 13.2. The van der Waals surface area contributed by atoms with Crippen LogP contribution in [0.15, 0.2) is 206 Å². The third-order valence-electron chi connectivity index (χ3n) is 20.5. The van der Waals surface area contributed by atoms with Crippen molar-refractivity contribution in [2.75, 3.05) is 9.80 Å². The third-order valence-corrected chi connectivity index (χ3v) is 20.5. The van der Waals surface area contributed by atoms with E-state index in [4.69, 9.17) is 0 Å². The molecule has 14 aromatic rings. The van der Waals surface area contributed by atoms with E-state index in [0.717, 1.165) is 51.4 Å². The van der Waals surface area contributed by atoms with Crippen molar-refractivity contribution in [2.45, 2.75) is 143 Å². The smallest absolute Gasteiger partial charge is 0.0562 e. The Balaban J connectivity index is 0.986. The summed E-state index contributed by atoms with van der Waals surface area (Å²) < 4.78 is 5.09. The van der Waals surface area contributed by atoms with Crippen molar-refractivity contribution in [3.63, 3.8) is 0 Å². The molecule has 2 aliphatic carbocycles. The lowest BCUT2D eigenvalue weighted by Gasteiger charge is -2.34. The first kappa shape index (κ1) is 56.1. The van der Waals surface area contributed by atoms with Crippen LogP contribution in [0.2, 0.25) is 0 Å². The number of aryl methyl sites for hydroxylation is 4. The molecule has 0 spiro atoms. The number of nitrogens with zero attached hydrogens (tertiary/aromatic N) is 4. The van der Waals surface area contributed by atoms with Crippen LogP contribution >= 0.6 is 0 Å². The van der Waals surface area contributed by atoms with E-state index < -0.39 is 0 Å². The predicted octanol–water partition coefficient (Wildman–Crippen LogP) is 24.0. The van der Waals surface area contributed by atoms with Gasteiger partial charge in [-0.15, -0.1) is 0 Å². The highest BCUT2D eigenvalue weighted by molar-refractivity contribution is 6.29. The highest BCUT2D eigenvalue weighted by Crippen LogP contribution is 2.53. The van der Waals surface area contributed by atoms with Crippen LogP contribution in [0, 0.1) is 0 Å². The first-order valence-electron chi connectivity index (χ1n) is 33.7. The van der Waals surface area contributed by atoms with Crippen LogP contribution in [-0.2, 0) is 49.4 Å². The minimum Gasteiger partial charge on any atom is -0.310 e. The topological polar surface area (TPSA) is 16.3 Å². The van der Waals surface area contributed by atoms with Crippen LogP contribution in [0.1, 0.15) is 138 Å². The van der Waals surface area contributed by atoms with Gasteiger partial charge in [0.15, 0.2) is 0 Å². The van der Waals surface area contributed by atoms with Gasteiger partial charge in [-0.2, -0.15) is 0 Å². The van der Waals surface area contributed by atoms with Crippen molar-refractivity contribution < 1.29 is 0 Å². The Bertz CT molecular complexity index is 5150. The molecule has 4 heteroatoms. The fourth-order valence-corrected chi connectivity index (χ4v) is 16.5. The number of rotatable bonds is 12. The molecule has 90 heavy (non-hydrogen) atoms. The monoisotopic (exact) mass is 1170 g/mol. The number of hydrogen-bond acceptors (Lipinski definition) is 2. The number of aromatic nitrogens is 2. The highest BCUT2D eigenvalue weighted by atomic mass is 15.2. The Kier molecular flexibility index (Phi) is 13.6. The number of hydrogen-bond donors (Lipinski definition) is 0. The summed E-state index contributed by atoms with van der Waals surface area (Å²) in [4.78, 5) is 5.40. The summed E-state index contributed by atoms with van der Waals surface area (Å²) in [5.74, 6) is 0. The van der Waals surface area contributed by atoms with Crippen LogP contribution in [0.5, 0.6) is 0 Å². The summed E-state index contributed by atoms with van der Waals surface area (Å²) in [5, 5.41) is 13.2. The molecule has 0 saturated carbocycles. The molecule has 2 heterocycles. The Morgan fingerprint density at radius 2 is 0.744 bits per heavy atom. The fourth-order valence-electron chi connectivity index (χ4n) is 16.5. The molecule has 0 saturated heterocycles. The minimum atomic E-state index is -0.0680. The van der Waals surface area contributed by atoms with E-state index in [2.05, 4.69) is 281 Å². The Labute approximate surface area is 531 Å². The van der Waals surface area contributed by atoms with Gasteiger partial charge in [0.1, 0.15) is 0 Å². The van der Waals surface area contributed by atoms with Gasteiger partial charge >= 0.3 is 0 Å². The van der Waals surface area contributed by atoms with E-state index in [9.17, 15) is 0 Å². The van der Waals surface area contributed by atoms with Crippen molar-refractivity contribution in [1.29, 1.82) is 0 Å². The molecule has 4 nitrogen and oxygen atoms in total. The summed E-state index contributed by atoms with van der Waals surface area (Å²) in [7, 11) is 0. The van der Waals surface area contributed by atoms with E-state index in [1.807, 2.05) is 0 Å². The maximum Gasteiger partial charge on any atom is 0.0562 e. The summed E-state index contributed by atoms with van der Waals surface area (Å²) >= 11 is 0. The van der Waals surface area contributed by atoms with Gasteiger partial charge in [-0.05, 0) is 220 Å². The second kappa shape index (κ2) is 21.8. The van der Waals surface area contributed by atoms with Crippen molar-refractivity contribution >= 4 is 110 Å². The van der Waals surface area contributed by atoms with Crippen molar-refractivity contribution in [2.24, 2.45) is 0 Å². The molecular weight excluding hydrogens is 1090 g/mol. The summed E-state index contributed by atoms with van der Waals surface area (Å²) in [6.45, 7) is 18.8. The Morgan fingerprint density at radius 1 is 0.333 bits per heavy atom. The quantitative estimate of drug-likeness (QED) is 0.113. The molecule has 2 aliphatic rings. The van der Waals surface area contributed by atoms with Gasteiger partial charge in [-0.1, -0.05) is 196 Å². The van der Waals surface area contributed by atoms with E-state index >= 15 is 0 Å². The van der Waals surface area contributed by atoms with Gasteiger partial charge < -0.3 is 18.9 Å². The normalized spacial score (nSPS) is 13.8. The average Bonchev–Trinajstić information content (AvgIpc) is 1.16. The SMILES string of the molecule is CCCc1cc(N(c2ccc3c(c2)c2ccccc2n3-c2ccccc2C(C)(C)C)c2cccc3c2CCCC3)c2ccc3c(CCC)cc(N(c4ccc5c6ccccc6n(-c6ccccc6C(C)(C)C)c5c4)c4cccc5c4CCCC5)c4ccc1c2c34. The van der Waals surface area contributed by atoms with E-state index in [0.29, 0.717) is 0 Å². The van der Waals surface area contributed by atoms with Crippen LogP contribution < -0.4 is 9.80 Å². The molecular formula is C86H82N4. The second-order valence-corrected chi connectivity index (χ2v) is 28.2. The molecule has 0 aliphatic heterocycles.